The Morgan fingerprint density at radius 3 is 2.64 bits per heavy atom. The van der Waals surface area contributed by atoms with Gasteiger partial charge in [0.15, 0.2) is 0 Å². The molecule has 0 saturated carbocycles. The highest BCUT2D eigenvalue weighted by atomic mass is 16.5. The molecule has 9 heteroatoms. The number of carboxylic acid groups (broad SMARTS) is 1. The lowest BCUT2D eigenvalue weighted by molar-refractivity contribution is -0.136. The quantitative estimate of drug-likeness (QED) is 0.681. The van der Waals surface area contributed by atoms with E-state index >= 15 is 0 Å². The number of hydrogen-bond acceptors (Lipinski definition) is 5. The minimum Gasteiger partial charge on any atom is -0.482 e. The summed E-state index contributed by atoms with van der Waals surface area (Å²) in [5.41, 5.74) is 1.61. The highest BCUT2D eigenvalue weighted by Gasteiger charge is 2.51. The molecule has 2 N–H and O–H groups in total. The highest BCUT2D eigenvalue weighted by Crippen LogP contribution is 2.44. The molecule has 4 heterocycles. The van der Waals surface area contributed by atoms with E-state index in [2.05, 4.69) is 5.32 Å². The van der Waals surface area contributed by atoms with E-state index in [4.69, 9.17) is 9.84 Å². The molecule has 0 aromatic heterocycles. The molecule has 28 heavy (non-hydrogen) atoms. The van der Waals surface area contributed by atoms with Crippen LogP contribution in [0.4, 0.5) is 4.79 Å². The van der Waals surface area contributed by atoms with Gasteiger partial charge < -0.3 is 19.6 Å². The van der Waals surface area contributed by atoms with Crippen LogP contribution >= 0.6 is 0 Å². The zero-order valence-electron chi connectivity index (χ0n) is 15.1. The molecule has 9 nitrogen and oxygen atoms in total. The standard InChI is InChI=1S/C19H19N3O6/c23-13-4-3-12(16(24)20-13)22-7-11-2-1-10-5-6-19(8-21(9-19)18(26)27)28-15(10)14(11)17(22)25/h1-2,12H,3-9H2,(H,26,27)(H,20,23,24). The molecule has 1 atom stereocenters. The number of imide groups is 1. The summed E-state index contributed by atoms with van der Waals surface area (Å²) in [4.78, 5) is 50.7. The molecule has 1 aromatic carbocycles. The van der Waals surface area contributed by atoms with Crippen molar-refractivity contribution < 1.29 is 29.0 Å². The molecule has 1 spiro atoms. The first kappa shape index (κ1) is 17.0. The number of benzene rings is 1. The number of piperidine rings is 1. The van der Waals surface area contributed by atoms with Crippen LogP contribution in [0.1, 0.15) is 40.7 Å². The van der Waals surface area contributed by atoms with Gasteiger partial charge in [0.1, 0.15) is 17.4 Å². The summed E-state index contributed by atoms with van der Waals surface area (Å²) in [7, 11) is 0. The maximum atomic E-state index is 13.2. The van der Waals surface area contributed by atoms with Crippen molar-refractivity contribution in [3.8, 4) is 5.75 Å². The van der Waals surface area contributed by atoms with Crippen molar-refractivity contribution in [1.29, 1.82) is 0 Å². The summed E-state index contributed by atoms with van der Waals surface area (Å²) in [6.45, 7) is 0.873. The summed E-state index contributed by atoms with van der Waals surface area (Å²) in [5.74, 6) is -0.512. The first-order chi connectivity index (χ1) is 13.4. The molecule has 4 amide bonds. The number of nitrogens with one attached hydrogen (secondary N) is 1. The molecule has 0 bridgehead atoms. The van der Waals surface area contributed by atoms with Crippen LogP contribution in [-0.4, -0.2) is 63.5 Å². The number of hydrogen-bond donors (Lipinski definition) is 2. The number of likely N-dealkylation sites (tertiary alicyclic amines) is 1. The van der Waals surface area contributed by atoms with Crippen molar-refractivity contribution in [2.45, 2.75) is 43.9 Å². The second-order valence-corrected chi connectivity index (χ2v) is 7.91. The molecule has 2 fully saturated rings. The summed E-state index contributed by atoms with van der Waals surface area (Å²) in [5, 5.41) is 11.4. The number of carbonyl (C=O) groups is 4. The largest absolute Gasteiger partial charge is 0.482 e. The van der Waals surface area contributed by atoms with Gasteiger partial charge in [0.05, 0.1) is 18.7 Å². The Morgan fingerprint density at radius 2 is 1.93 bits per heavy atom. The van der Waals surface area contributed by atoms with Crippen LogP contribution in [-0.2, 0) is 22.6 Å². The van der Waals surface area contributed by atoms with E-state index in [0.29, 0.717) is 37.1 Å². The van der Waals surface area contributed by atoms with E-state index < -0.39 is 23.6 Å². The van der Waals surface area contributed by atoms with Crippen molar-refractivity contribution >= 4 is 23.8 Å². The Balaban J connectivity index is 1.43. The van der Waals surface area contributed by atoms with E-state index in [1.165, 1.54) is 9.80 Å². The Bertz CT molecular complexity index is 936. The van der Waals surface area contributed by atoms with E-state index in [9.17, 15) is 19.2 Å². The van der Waals surface area contributed by atoms with E-state index in [0.717, 1.165) is 11.1 Å². The number of rotatable bonds is 1. The molecule has 2 saturated heterocycles. The van der Waals surface area contributed by atoms with Gasteiger partial charge in [0.25, 0.3) is 5.91 Å². The van der Waals surface area contributed by atoms with Crippen LogP contribution in [0.25, 0.3) is 0 Å². The number of carbonyl (C=O) groups excluding carboxylic acids is 3. The number of aryl methyl sites for hydroxylation is 1. The molecule has 5 rings (SSSR count). The summed E-state index contributed by atoms with van der Waals surface area (Å²) < 4.78 is 6.22. The van der Waals surface area contributed by atoms with E-state index in [1.807, 2.05) is 12.1 Å². The molecule has 4 aliphatic heterocycles. The van der Waals surface area contributed by atoms with Crippen molar-refractivity contribution in [2.75, 3.05) is 13.1 Å². The van der Waals surface area contributed by atoms with Crippen LogP contribution in [0.2, 0.25) is 0 Å². The maximum Gasteiger partial charge on any atom is 0.407 e. The lowest BCUT2D eigenvalue weighted by atomic mass is 9.83. The molecule has 0 radical (unpaired) electrons. The zero-order chi connectivity index (χ0) is 19.6. The van der Waals surface area contributed by atoms with Gasteiger partial charge in [0, 0.05) is 13.0 Å². The van der Waals surface area contributed by atoms with Crippen molar-refractivity contribution in [3.05, 3.63) is 28.8 Å². The van der Waals surface area contributed by atoms with Gasteiger partial charge >= 0.3 is 6.09 Å². The molecular formula is C19H19N3O6. The molecular weight excluding hydrogens is 366 g/mol. The van der Waals surface area contributed by atoms with Gasteiger partial charge in [-0.05, 0) is 30.4 Å². The summed E-state index contributed by atoms with van der Waals surface area (Å²) >= 11 is 0. The van der Waals surface area contributed by atoms with Crippen molar-refractivity contribution in [1.82, 2.24) is 15.1 Å². The van der Waals surface area contributed by atoms with Crippen LogP contribution in [0.5, 0.6) is 5.75 Å². The second-order valence-electron chi connectivity index (χ2n) is 7.91. The maximum absolute atomic E-state index is 13.2. The third-order valence-corrected chi connectivity index (χ3v) is 6.12. The average molecular weight is 385 g/mol. The lowest BCUT2D eigenvalue weighted by Crippen LogP contribution is -2.67. The zero-order valence-corrected chi connectivity index (χ0v) is 15.1. The number of fused-ring (bicyclic) bond motifs is 3. The van der Waals surface area contributed by atoms with Gasteiger partial charge in [0.2, 0.25) is 11.8 Å². The number of nitrogens with zero attached hydrogens (tertiary/aromatic N) is 2. The SMILES string of the molecule is O=C1CCC(N2Cc3ccc4c(c3C2=O)OC2(CC4)CN(C(=O)O)C2)C(=O)N1. The first-order valence-electron chi connectivity index (χ1n) is 9.33. The normalized spacial score (nSPS) is 25.0. The fourth-order valence-electron chi connectivity index (χ4n) is 4.61. The predicted octanol–water partition coefficient (Wildman–Crippen LogP) is 0.505. The van der Waals surface area contributed by atoms with Crippen molar-refractivity contribution in [2.24, 2.45) is 0 Å². The predicted molar refractivity (Wildman–Crippen MR) is 93.8 cm³/mol. The van der Waals surface area contributed by atoms with Crippen molar-refractivity contribution in [3.63, 3.8) is 0 Å². The first-order valence-corrected chi connectivity index (χ1v) is 9.33. The number of amides is 4. The van der Waals surface area contributed by atoms with Crippen LogP contribution in [0, 0.1) is 0 Å². The Labute approximate surface area is 160 Å². The molecule has 1 aromatic rings. The lowest BCUT2D eigenvalue weighted by Gasteiger charge is -2.50. The van der Waals surface area contributed by atoms with Crippen LogP contribution < -0.4 is 10.1 Å². The van der Waals surface area contributed by atoms with Crippen LogP contribution in [0.15, 0.2) is 12.1 Å². The summed E-state index contributed by atoms with van der Waals surface area (Å²) in [6, 6.07) is 3.16. The van der Waals surface area contributed by atoms with Gasteiger partial charge in [-0.25, -0.2) is 4.79 Å². The summed E-state index contributed by atoms with van der Waals surface area (Å²) in [6.07, 6.45) is 0.956. The third-order valence-electron chi connectivity index (χ3n) is 6.12. The van der Waals surface area contributed by atoms with Gasteiger partial charge in [-0.3, -0.25) is 19.7 Å². The van der Waals surface area contributed by atoms with E-state index in [1.54, 1.807) is 0 Å². The molecule has 146 valence electrons. The second kappa shape index (κ2) is 5.70. The third kappa shape index (κ3) is 2.38. The average Bonchev–Trinajstić information content (AvgIpc) is 2.96. The molecule has 1 unspecified atom stereocenters. The monoisotopic (exact) mass is 385 g/mol. The minimum absolute atomic E-state index is 0.208. The Hall–Kier alpha value is -3.10. The fraction of sp³-hybridized carbons (Fsp3) is 0.474. The van der Waals surface area contributed by atoms with Crippen LogP contribution in [0.3, 0.4) is 0 Å². The van der Waals surface area contributed by atoms with Gasteiger partial charge in [-0.15, -0.1) is 0 Å². The number of ether oxygens (including phenoxy) is 1. The topological polar surface area (TPSA) is 116 Å². The highest BCUT2D eigenvalue weighted by molar-refractivity contribution is 6.06. The molecule has 0 aliphatic carbocycles. The van der Waals surface area contributed by atoms with Gasteiger partial charge in [-0.2, -0.15) is 0 Å². The fourth-order valence-corrected chi connectivity index (χ4v) is 4.61. The smallest absolute Gasteiger partial charge is 0.407 e. The Morgan fingerprint density at radius 1 is 1.18 bits per heavy atom. The van der Waals surface area contributed by atoms with Gasteiger partial charge in [-0.1, -0.05) is 12.1 Å². The van der Waals surface area contributed by atoms with E-state index in [-0.39, 0.29) is 31.3 Å². The Kier molecular flexibility index (Phi) is 3.47. The minimum atomic E-state index is -0.974. The molecule has 4 aliphatic rings.